The van der Waals surface area contributed by atoms with E-state index in [1.165, 1.54) is 0 Å². The summed E-state index contributed by atoms with van der Waals surface area (Å²) in [7, 11) is 1.87. The van der Waals surface area contributed by atoms with Crippen molar-refractivity contribution in [2.45, 2.75) is 19.8 Å². The fourth-order valence-corrected chi connectivity index (χ4v) is 2.82. The molecule has 0 bridgehead atoms. The van der Waals surface area contributed by atoms with Gasteiger partial charge in [0.2, 0.25) is 0 Å². The van der Waals surface area contributed by atoms with E-state index in [0.717, 1.165) is 40.8 Å². The zero-order valence-corrected chi connectivity index (χ0v) is 12.2. The van der Waals surface area contributed by atoms with Crippen molar-refractivity contribution >= 4 is 11.9 Å². The smallest absolute Gasteiger partial charge is 0.189 e. The fourth-order valence-electron chi connectivity index (χ4n) is 2.82. The fraction of sp³-hybridized carbons (Fsp3) is 0.222. The molecule has 0 saturated carbocycles. The van der Waals surface area contributed by atoms with Crippen LogP contribution in [0.4, 0.5) is 0 Å². The number of carbonyl (C=O) groups is 1. The number of aromatic nitrogens is 1. The van der Waals surface area contributed by atoms with Crippen LogP contribution in [0.15, 0.2) is 35.9 Å². The maximum absolute atomic E-state index is 12.6. The van der Waals surface area contributed by atoms with Gasteiger partial charge in [-0.25, -0.2) is 0 Å². The number of hydrogen-bond acceptors (Lipinski definition) is 2. The highest BCUT2D eigenvalue weighted by molar-refractivity contribution is 6.13. The molecular weight excluding hydrogens is 260 g/mol. The van der Waals surface area contributed by atoms with Crippen LogP contribution in [-0.2, 0) is 13.5 Å². The second-order valence-electron chi connectivity index (χ2n) is 5.40. The van der Waals surface area contributed by atoms with Gasteiger partial charge in [-0.3, -0.25) is 4.79 Å². The predicted molar refractivity (Wildman–Crippen MR) is 81.9 cm³/mol. The molecule has 3 nitrogen and oxygen atoms in total. The minimum absolute atomic E-state index is 0.110. The molecule has 0 N–H and O–H groups in total. The van der Waals surface area contributed by atoms with Gasteiger partial charge in [-0.2, -0.15) is 5.26 Å². The summed E-state index contributed by atoms with van der Waals surface area (Å²) < 4.78 is 1.85. The topological polar surface area (TPSA) is 45.8 Å². The lowest BCUT2D eigenvalue weighted by molar-refractivity contribution is 0.102. The molecule has 3 heteroatoms. The molecule has 0 aliphatic heterocycles. The van der Waals surface area contributed by atoms with Crippen molar-refractivity contribution in [3.05, 3.63) is 64.0 Å². The van der Waals surface area contributed by atoms with Gasteiger partial charge in [0.15, 0.2) is 5.78 Å². The molecule has 0 unspecified atom stereocenters. The maximum Gasteiger partial charge on any atom is 0.189 e. The molecule has 3 rings (SSSR count). The molecule has 1 heterocycles. The molecule has 0 saturated heterocycles. The molecule has 1 aliphatic carbocycles. The number of allylic oxidation sites excluding steroid dienone is 1. The van der Waals surface area contributed by atoms with Gasteiger partial charge in [-0.05, 0) is 43.0 Å². The quantitative estimate of drug-likeness (QED) is 0.749. The number of aryl methyl sites for hydroxylation is 1. The molecule has 0 radical (unpaired) electrons. The van der Waals surface area contributed by atoms with E-state index in [2.05, 4.69) is 6.07 Å². The van der Waals surface area contributed by atoms with Gasteiger partial charge in [0.05, 0.1) is 0 Å². The Balaban J connectivity index is 2.03. The Bertz CT molecular complexity index is 803. The van der Waals surface area contributed by atoms with E-state index in [1.54, 1.807) is 0 Å². The van der Waals surface area contributed by atoms with Crippen LogP contribution in [0, 0.1) is 18.3 Å². The van der Waals surface area contributed by atoms with Crippen molar-refractivity contribution in [2.24, 2.45) is 7.05 Å². The number of benzene rings is 1. The second kappa shape index (κ2) is 5.06. The first kappa shape index (κ1) is 13.4. The van der Waals surface area contributed by atoms with Crippen LogP contribution in [0.2, 0.25) is 0 Å². The standard InChI is InChI=1S/C18H16N2O/c1-12-15(10-16(11-19)20(12)2)9-14-8-7-13-5-3-4-6-17(13)18(14)21/h3-6,9-10H,7-8H2,1-2H3/b14-9-. The zero-order chi connectivity index (χ0) is 15.0. The largest absolute Gasteiger partial charge is 0.339 e. The highest BCUT2D eigenvalue weighted by Crippen LogP contribution is 2.27. The van der Waals surface area contributed by atoms with Crippen molar-refractivity contribution < 1.29 is 4.79 Å². The summed E-state index contributed by atoms with van der Waals surface area (Å²) in [5.74, 6) is 0.110. The minimum Gasteiger partial charge on any atom is -0.339 e. The molecule has 2 aromatic rings. The number of ketones is 1. The van der Waals surface area contributed by atoms with E-state index >= 15 is 0 Å². The number of nitrogens with zero attached hydrogens (tertiary/aromatic N) is 2. The van der Waals surface area contributed by atoms with Crippen LogP contribution in [0.3, 0.4) is 0 Å². The Morgan fingerprint density at radius 2 is 2.05 bits per heavy atom. The third kappa shape index (κ3) is 2.19. The average Bonchev–Trinajstić information content (AvgIpc) is 2.78. The van der Waals surface area contributed by atoms with E-state index < -0.39 is 0 Å². The van der Waals surface area contributed by atoms with Crippen LogP contribution < -0.4 is 0 Å². The van der Waals surface area contributed by atoms with E-state index in [1.807, 2.05) is 54.9 Å². The number of hydrogen-bond donors (Lipinski definition) is 0. The first-order valence-corrected chi connectivity index (χ1v) is 7.01. The van der Waals surface area contributed by atoms with Crippen molar-refractivity contribution in [2.75, 3.05) is 0 Å². The van der Waals surface area contributed by atoms with Crippen LogP contribution >= 0.6 is 0 Å². The molecular formula is C18H16N2O. The van der Waals surface area contributed by atoms with Crippen LogP contribution in [0.5, 0.6) is 0 Å². The maximum atomic E-state index is 12.6. The molecule has 1 aliphatic rings. The Morgan fingerprint density at radius 1 is 1.29 bits per heavy atom. The van der Waals surface area contributed by atoms with Crippen molar-refractivity contribution in [1.29, 1.82) is 5.26 Å². The molecule has 0 fully saturated rings. The third-order valence-electron chi connectivity index (χ3n) is 4.24. The van der Waals surface area contributed by atoms with Gasteiger partial charge in [0, 0.05) is 23.9 Å². The normalized spacial score (nSPS) is 15.9. The number of rotatable bonds is 1. The zero-order valence-electron chi connectivity index (χ0n) is 12.2. The van der Waals surface area contributed by atoms with Crippen LogP contribution in [0.25, 0.3) is 6.08 Å². The summed E-state index contributed by atoms with van der Waals surface area (Å²) in [6.45, 7) is 1.97. The number of fused-ring (bicyclic) bond motifs is 1. The first-order valence-electron chi connectivity index (χ1n) is 7.01. The summed E-state index contributed by atoms with van der Waals surface area (Å²) in [5, 5.41) is 9.09. The molecule has 21 heavy (non-hydrogen) atoms. The number of nitriles is 1. The van der Waals surface area contributed by atoms with E-state index in [0.29, 0.717) is 5.69 Å². The van der Waals surface area contributed by atoms with Crippen molar-refractivity contribution in [3.63, 3.8) is 0 Å². The Labute approximate surface area is 124 Å². The lowest BCUT2D eigenvalue weighted by atomic mass is 9.86. The van der Waals surface area contributed by atoms with Gasteiger partial charge < -0.3 is 4.57 Å². The number of carbonyl (C=O) groups excluding carboxylic acids is 1. The van der Waals surface area contributed by atoms with Crippen LogP contribution in [-0.4, -0.2) is 10.4 Å². The third-order valence-corrected chi connectivity index (χ3v) is 4.24. The second-order valence-corrected chi connectivity index (χ2v) is 5.40. The van der Waals surface area contributed by atoms with E-state index in [9.17, 15) is 4.79 Å². The molecule has 1 aromatic carbocycles. The van der Waals surface area contributed by atoms with Crippen LogP contribution in [0.1, 0.15) is 39.3 Å². The van der Waals surface area contributed by atoms with E-state index in [4.69, 9.17) is 5.26 Å². The van der Waals surface area contributed by atoms with Gasteiger partial charge in [0.1, 0.15) is 11.8 Å². The predicted octanol–water partition coefficient (Wildman–Crippen LogP) is 3.42. The number of Topliss-reactive ketones (excluding diaryl/α,β-unsaturated/α-hetero) is 1. The summed E-state index contributed by atoms with van der Waals surface area (Å²) in [5.41, 5.74) is 5.34. The Kier molecular flexibility index (Phi) is 3.23. The molecule has 104 valence electrons. The summed E-state index contributed by atoms with van der Waals surface area (Å²) in [4.78, 5) is 12.6. The Hall–Kier alpha value is -2.60. The lowest BCUT2D eigenvalue weighted by Gasteiger charge is -2.17. The van der Waals surface area contributed by atoms with Gasteiger partial charge in [0.25, 0.3) is 0 Å². The van der Waals surface area contributed by atoms with Gasteiger partial charge >= 0.3 is 0 Å². The molecule has 0 atom stereocenters. The summed E-state index contributed by atoms with van der Waals surface area (Å²) in [6, 6.07) is 11.8. The Morgan fingerprint density at radius 3 is 2.76 bits per heavy atom. The minimum atomic E-state index is 0.110. The monoisotopic (exact) mass is 276 g/mol. The molecule has 1 aromatic heterocycles. The SMILES string of the molecule is Cc1c(/C=C2/CCc3ccccc3C2=O)cc(C#N)n1C. The summed E-state index contributed by atoms with van der Waals surface area (Å²) >= 11 is 0. The van der Waals surface area contributed by atoms with Gasteiger partial charge in [-0.15, -0.1) is 0 Å². The lowest BCUT2D eigenvalue weighted by Crippen LogP contribution is -2.13. The van der Waals surface area contributed by atoms with E-state index in [-0.39, 0.29) is 5.78 Å². The van der Waals surface area contributed by atoms with Crippen molar-refractivity contribution in [1.82, 2.24) is 4.57 Å². The molecule has 0 amide bonds. The van der Waals surface area contributed by atoms with Gasteiger partial charge in [-0.1, -0.05) is 24.3 Å². The molecule has 0 spiro atoms. The highest BCUT2D eigenvalue weighted by Gasteiger charge is 2.21. The van der Waals surface area contributed by atoms with Crippen molar-refractivity contribution in [3.8, 4) is 6.07 Å². The highest BCUT2D eigenvalue weighted by atomic mass is 16.1. The first-order chi connectivity index (χ1) is 10.1. The summed E-state index contributed by atoms with van der Waals surface area (Å²) in [6.07, 6.45) is 3.59. The average molecular weight is 276 g/mol.